The lowest BCUT2D eigenvalue weighted by atomic mass is 9.63. The molecule has 2 atom stereocenters. The molecule has 0 spiro atoms. The molecule has 2 aliphatic rings. The molecule has 1 saturated carbocycles. The molecule has 1 fully saturated rings. The van der Waals surface area contributed by atoms with E-state index in [9.17, 15) is 0 Å². The average Bonchev–Trinajstić information content (AvgIpc) is 2.41. The predicted molar refractivity (Wildman–Crippen MR) is 53.0 cm³/mol. The van der Waals surface area contributed by atoms with Crippen LogP contribution in [0.4, 0.5) is 0 Å². The first-order valence-electron chi connectivity index (χ1n) is 5.15. The van der Waals surface area contributed by atoms with Gasteiger partial charge in [0.15, 0.2) is 0 Å². The molecule has 0 nitrogen and oxygen atoms in total. The second-order valence-electron chi connectivity index (χ2n) is 5.68. The van der Waals surface area contributed by atoms with Crippen LogP contribution in [0.25, 0.3) is 0 Å². The van der Waals surface area contributed by atoms with Crippen LogP contribution in [0.1, 0.15) is 47.0 Å². The molecule has 0 radical (unpaired) electrons. The SMILES string of the molecule is CC1=CC2CCC1(C(C)(C)C)C2. The summed E-state index contributed by atoms with van der Waals surface area (Å²) in [7, 11) is 0. The molecule has 2 rings (SSSR count). The molecular weight excluding hydrogens is 144 g/mol. The third kappa shape index (κ3) is 0.841. The van der Waals surface area contributed by atoms with E-state index in [0.29, 0.717) is 10.8 Å². The van der Waals surface area contributed by atoms with E-state index < -0.39 is 0 Å². The molecule has 0 amide bonds. The lowest BCUT2D eigenvalue weighted by Crippen LogP contribution is -2.32. The van der Waals surface area contributed by atoms with E-state index in [1.165, 1.54) is 19.3 Å². The van der Waals surface area contributed by atoms with E-state index >= 15 is 0 Å². The van der Waals surface area contributed by atoms with Crippen molar-refractivity contribution < 1.29 is 0 Å². The summed E-state index contributed by atoms with van der Waals surface area (Å²) >= 11 is 0. The summed E-state index contributed by atoms with van der Waals surface area (Å²) in [6, 6.07) is 0. The van der Waals surface area contributed by atoms with Crippen LogP contribution in [0.5, 0.6) is 0 Å². The van der Waals surface area contributed by atoms with Crippen molar-refractivity contribution in [1.29, 1.82) is 0 Å². The molecule has 0 aromatic carbocycles. The summed E-state index contributed by atoms with van der Waals surface area (Å²) in [6.07, 6.45) is 6.83. The summed E-state index contributed by atoms with van der Waals surface area (Å²) in [4.78, 5) is 0. The Labute approximate surface area is 76.1 Å². The molecular formula is C12H20. The zero-order valence-corrected chi connectivity index (χ0v) is 8.78. The molecule has 0 heteroatoms. The first kappa shape index (κ1) is 8.34. The van der Waals surface area contributed by atoms with Gasteiger partial charge in [0, 0.05) is 0 Å². The van der Waals surface area contributed by atoms with Gasteiger partial charge in [-0.15, -0.1) is 0 Å². The highest BCUT2D eigenvalue weighted by Gasteiger charge is 2.51. The summed E-state index contributed by atoms with van der Waals surface area (Å²) in [5.74, 6) is 0.921. The molecule has 0 aliphatic heterocycles. The van der Waals surface area contributed by atoms with Crippen molar-refractivity contribution in [3.8, 4) is 0 Å². The molecule has 68 valence electrons. The average molecular weight is 164 g/mol. The van der Waals surface area contributed by atoms with E-state index in [1.807, 2.05) is 0 Å². The van der Waals surface area contributed by atoms with Crippen molar-refractivity contribution in [2.24, 2.45) is 16.7 Å². The standard InChI is InChI=1S/C12H20/c1-9-7-10-5-6-12(9,8-10)11(2,3)4/h7,10H,5-6,8H2,1-4H3. The van der Waals surface area contributed by atoms with Gasteiger partial charge in [-0.3, -0.25) is 0 Å². The van der Waals surface area contributed by atoms with Crippen molar-refractivity contribution in [3.05, 3.63) is 11.6 Å². The smallest absolute Gasteiger partial charge is 0.00365 e. The maximum absolute atomic E-state index is 2.52. The molecule has 2 bridgehead atoms. The van der Waals surface area contributed by atoms with Gasteiger partial charge in [-0.25, -0.2) is 0 Å². The van der Waals surface area contributed by atoms with E-state index in [-0.39, 0.29) is 0 Å². The maximum atomic E-state index is 2.52. The first-order valence-corrected chi connectivity index (χ1v) is 5.15. The number of allylic oxidation sites excluding steroid dienone is 2. The van der Waals surface area contributed by atoms with Gasteiger partial charge in [0.2, 0.25) is 0 Å². The van der Waals surface area contributed by atoms with Crippen LogP contribution in [-0.4, -0.2) is 0 Å². The fraction of sp³-hybridized carbons (Fsp3) is 0.833. The molecule has 2 aliphatic carbocycles. The highest BCUT2D eigenvalue weighted by Crippen LogP contribution is 2.62. The van der Waals surface area contributed by atoms with Crippen molar-refractivity contribution in [1.82, 2.24) is 0 Å². The Kier molecular flexibility index (Phi) is 1.50. The molecule has 12 heavy (non-hydrogen) atoms. The van der Waals surface area contributed by atoms with Crippen LogP contribution in [0.2, 0.25) is 0 Å². The Morgan fingerprint density at radius 2 is 2.08 bits per heavy atom. The minimum absolute atomic E-state index is 0.471. The molecule has 0 aromatic heterocycles. The summed E-state index contributed by atoms with van der Waals surface area (Å²) in [5, 5.41) is 0. The zero-order chi connectivity index (χ0) is 8.98. The van der Waals surface area contributed by atoms with Crippen molar-refractivity contribution in [3.63, 3.8) is 0 Å². The van der Waals surface area contributed by atoms with Crippen LogP contribution >= 0.6 is 0 Å². The minimum atomic E-state index is 0.471. The van der Waals surface area contributed by atoms with Gasteiger partial charge in [-0.2, -0.15) is 0 Å². The summed E-state index contributed by atoms with van der Waals surface area (Å²) < 4.78 is 0. The topological polar surface area (TPSA) is 0 Å². The maximum Gasteiger partial charge on any atom is -0.00365 e. The van der Waals surface area contributed by atoms with Crippen LogP contribution in [0.3, 0.4) is 0 Å². The van der Waals surface area contributed by atoms with Crippen LogP contribution < -0.4 is 0 Å². The van der Waals surface area contributed by atoms with E-state index in [1.54, 1.807) is 5.57 Å². The highest BCUT2D eigenvalue weighted by molar-refractivity contribution is 5.27. The van der Waals surface area contributed by atoms with Crippen molar-refractivity contribution >= 4 is 0 Å². The summed E-state index contributed by atoms with van der Waals surface area (Å²) in [6.45, 7) is 9.54. The molecule has 0 N–H and O–H groups in total. The highest BCUT2D eigenvalue weighted by atomic mass is 14.6. The molecule has 2 unspecified atom stereocenters. The number of hydrogen-bond donors (Lipinski definition) is 0. The Bertz CT molecular complexity index is 229. The fourth-order valence-corrected chi connectivity index (χ4v) is 3.37. The third-order valence-corrected chi connectivity index (χ3v) is 4.23. The number of fused-ring (bicyclic) bond motifs is 2. The van der Waals surface area contributed by atoms with Gasteiger partial charge in [-0.05, 0) is 42.9 Å². The van der Waals surface area contributed by atoms with E-state index in [4.69, 9.17) is 0 Å². The van der Waals surface area contributed by atoms with E-state index in [0.717, 1.165) is 5.92 Å². The quantitative estimate of drug-likeness (QED) is 0.478. The van der Waals surface area contributed by atoms with Gasteiger partial charge in [-0.1, -0.05) is 32.4 Å². The fourth-order valence-electron chi connectivity index (χ4n) is 3.37. The van der Waals surface area contributed by atoms with E-state index in [2.05, 4.69) is 33.8 Å². The Hall–Kier alpha value is -0.260. The van der Waals surface area contributed by atoms with Gasteiger partial charge >= 0.3 is 0 Å². The molecule has 0 heterocycles. The Morgan fingerprint density at radius 1 is 1.42 bits per heavy atom. The number of rotatable bonds is 0. The molecule has 0 saturated heterocycles. The van der Waals surface area contributed by atoms with Gasteiger partial charge in [0.25, 0.3) is 0 Å². The summed E-state index contributed by atoms with van der Waals surface area (Å²) in [5.41, 5.74) is 2.71. The first-order chi connectivity index (χ1) is 5.46. The molecule has 0 aromatic rings. The Balaban J connectivity index is 2.39. The van der Waals surface area contributed by atoms with Crippen LogP contribution in [0, 0.1) is 16.7 Å². The second kappa shape index (κ2) is 2.16. The largest absolute Gasteiger partial charge is 0.0819 e. The minimum Gasteiger partial charge on any atom is -0.0819 e. The lowest BCUT2D eigenvalue weighted by molar-refractivity contribution is 0.143. The van der Waals surface area contributed by atoms with Gasteiger partial charge < -0.3 is 0 Å². The second-order valence-corrected chi connectivity index (χ2v) is 5.68. The normalized spacial score (nSPS) is 40.3. The van der Waals surface area contributed by atoms with Gasteiger partial charge in [0.05, 0.1) is 0 Å². The van der Waals surface area contributed by atoms with Crippen LogP contribution in [-0.2, 0) is 0 Å². The van der Waals surface area contributed by atoms with Crippen molar-refractivity contribution in [2.45, 2.75) is 47.0 Å². The van der Waals surface area contributed by atoms with Crippen LogP contribution in [0.15, 0.2) is 11.6 Å². The monoisotopic (exact) mass is 164 g/mol. The number of hydrogen-bond acceptors (Lipinski definition) is 0. The zero-order valence-electron chi connectivity index (χ0n) is 8.78. The lowest BCUT2D eigenvalue weighted by Gasteiger charge is -2.42. The Morgan fingerprint density at radius 3 is 2.33 bits per heavy atom. The third-order valence-electron chi connectivity index (χ3n) is 4.23. The van der Waals surface area contributed by atoms with Gasteiger partial charge in [0.1, 0.15) is 0 Å². The predicted octanol–water partition coefficient (Wildman–Crippen LogP) is 3.78. The van der Waals surface area contributed by atoms with Crippen molar-refractivity contribution in [2.75, 3.05) is 0 Å².